The number of anilines is 1. The third-order valence-corrected chi connectivity index (χ3v) is 2.46. The summed E-state index contributed by atoms with van der Waals surface area (Å²) in [5.41, 5.74) is 1.54. The zero-order chi connectivity index (χ0) is 11.0. The molecule has 2 N–H and O–H groups in total. The SMILES string of the molecule is Cc1cc(O)cc(N2CC(O)CC2=O)c1. The molecule has 1 aliphatic heterocycles. The van der Waals surface area contributed by atoms with Crippen molar-refractivity contribution in [1.29, 1.82) is 0 Å². The summed E-state index contributed by atoms with van der Waals surface area (Å²) < 4.78 is 0. The lowest BCUT2D eigenvalue weighted by Gasteiger charge is -2.16. The second-order valence-electron chi connectivity index (χ2n) is 3.89. The molecule has 4 nitrogen and oxygen atoms in total. The van der Waals surface area contributed by atoms with Crippen molar-refractivity contribution in [3.63, 3.8) is 0 Å². The Morgan fingerprint density at radius 2 is 2.13 bits per heavy atom. The fraction of sp³-hybridized carbons (Fsp3) is 0.364. The van der Waals surface area contributed by atoms with E-state index in [1.165, 1.54) is 11.0 Å². The zero-order valence-electron chi connectivity index (χ0n) is 8.47. The van der Waals surface area contributed by atoms with Crippen molar-refractivity contribution in [3.05, 3.63) is 23.8 Å². The van der Waals surface area contributed by atoms with E-state index in [1.807, 2.05) is 13.0 Å². The van der Waals surface area contributed by atoms with Gasteiger partial charge in [-0.25, -0.2) is 0 Å². The van der Waals surface area contributed by atoms with Crippen LogP contribution in [0.4, 0.5) is 5.69 Å². The van der Waals surface area contributed by atoms with E-state index >= 15 is 0 Å². The van der Waals surface area contributed by atoms with Gasteiger partial charge >= 0.3 is 0 Å². The number of aryl methyl sites for hydroxylation is 1. The van der Waals surface area contributed by atoms with Crippen LogP contribution in [-0.4, -0.2) is 28.8 Å². The molecule has 1 aliphatic rings. The summed E-state index contributed by atoms with van der Waals surface area (Å²) in [5.74, 6) is 0.0340. The first-order valence-electron chi connectivity index (χ1n) is 4.85. The number of aliphatic hydroxyl groups is 1. The highest BCUT2D eigenvalue weighted by Crippen LogP contribution is 2.26. The summed E-state index contributed by atoms with van der Waals surface area (Å²) in [6, 6.07) is 4.97. The molecule has 0 saturated carbocycles. The molecule has 1 atom stereocenters. The minimum Gasteiger partial charge on any atom is -0.508 e. The highest BCUT2D eigenvalue weighted by Gasteiger charge is 2.29. The number of aromatic hydroxyl groups is 1. The Morgan fingerprint density at radius 1 is 1.40 bits per heavy atom. The molecule has 4 heteroatoms. The lowest BCUT2D eigenvalue weighted by atomic mass is 10.2. The second kappa shape index (κ2) is 3.55. The fourth-order valence-electron chi connectivity index (χ4n) is 1.84. The van der Waals surface area contributed by atoms with Gasteiger partial charge in [-0.05, 0) is 24.6 Å². The number of β-amino-alcohol motifs (C(OH)–C–C–N with tert-alkyl or cyclic N) is 1. The molecule has 1 saturated heterocycles. The molecule has 1 unspecified atom stereocenters. The Kier molecular flexibility index (Phi) is 2.36. The topological polar surface area (TPSA) is 60.8 Å². The molecule has 0 radical (unpaired) electrons. The Bertz CT molecular complexity index is 383. The van der Waals surface area contributed by atoms with Gasteiger partial charge in [0.25, 0.3) is 0 Å². The lowest BCUT2D eigenvalue weighted by molar-refractivity contribution is -0.117. The quantitative estimate of drug-likeness (QED) is 0.716. The van der Waals surface area contributed by atoms with E-state index in [1.54, 1.807) is 6.07 Å². The van der Waals surface area contributed by atoms with Crippen molar-refractivity contribution in [3.8, 4) is 5.75 Å². The first-order chi connectivity index (χ1) is 7.06. The average Bonchev–Trinajstić information content (AvgIpc) is 2.43. The van der Waals surface area contributed by atoms with Crippen molar-refractivity contribution in [2.45, 2.75) is 19.4 Å². The number of carbonyl (C=O) groups excluding carboxylic acids is 1. The van der Waals surface area contributed by atoms with Gasteiger partial charge in [0, 0.05) is 11.8 Å². The number of carbonyl (C=O) groups is 1. The highest BCUT2D eigenvalue weighted by molar-refractivity contribution is 5.96. The third kappa shape index (κ3) is 1.94. The van der Waals surface area contributed by atoms with Crippen molar-refractivity contribution in [1.82, 2.24) is 0 Å². The molecular formula is C11H13NO3. The molecule has 0 aromatic heterocycles. The van der Waals surface area contributed by atoms with Crippen molar-refractivity contribution >= 4 is 11.6 Å². The first kappa shape index (κ1) is 9.98. The number of phenolic OH excluding ortho intramolecular Hbond substituents is 1. The Morgan fingerprint density at radius 3 is 2.67 bits per heavy atom. The number of rotatable bonds is 1. The summed E-state index contributed by atoms with van der Waals surface area (Å²) >= 11 is 0. The summed E-state index contributed by atoms with van der Waals surface area (Å²) in [6.07, 6.45) is -0.436. The van der Waals surface area contributed by atoms with Gasteiger partial charge in [0.2, 0.25) is 5.91 Å². The molecule has 1 amide bonds. The van der Waals surface area contributed by atoms with Crippen molar-refractivity contribution < 1.29 is 15.0 Å². The van der Waals surface area contributed by atoms with E-state index in [2.05, 4.69) is 0 Å². The average molecular weight is 207 g/mol. The number of nitrogens with zero attached hydrogens (tertiary/aromatic N) is 1. The van der Waals surface area contributed by atoms with Crippen LogP contribution in [0.2, 0.25) is 0 Å². The molecule has 1 fully saturated rings. The van der Waals surface area contributed by atoms with E-state index in [-0.39, 0.29) is 18.1 Å². The zero-order valence-corrected chi connectivity index (χ0v) is 8.47. The molecule has 0 bridgehead atoms. The molecule has 15 heavy (non-hydrogen) atoms. The predicted molar refractivity (Wildman–Crippen MR) is 55.8 cm³/mol. The van der Waals surface area contributed by atoms with Gasteiger partial charge in [0.1, 0.15) is 5.75 Å². The fourth-order valence-corrected chi connectivity index (χ4v) is 1.84. The maximum atomic E-state index is 11.5. The van der Waals surface area contributed by atoms with E-state index < -0.39 is 6.10 Å². The molecule has 1 heterocycles. The van der Waals surface area contributed by atoms with Crippen LogP contribution in [0.15, 0.2) is 18.2 Å². The van der Waals surface area contributed by atoms with Gasteiger partial charge in [0.05, 0.1) is 19.1 Å². The highest BCUT2D eigenvalue weighted by atomic mass is 16.3. The smallest absolute Gasteiger partial charge is 0.229 e. The number of hydrogen-bond acceptors (Lipinski definition) is 3. The summed E-state index contributed by atoms with van der Waals surface area (Å²) in [5, 5.41) is 18.8. The molecular weight excluding hydrogens is 194 g/mol. The Labute approximate surface area is 87.8 Å². The monoisotopic (exact) mass is 207 g/mol. The minimum atomic E-state index is -0.597. The van der Waals surface area contributed by atoms with Crippen LogP contribution in [0.3, 0.4) is 0 Å². The maximum absolute atomic E-state index is 11.5. The van der Waals surface area contributed by atoms with Crippen LogP contribution in [-0.2, 0) is 4.79 Å². The van der Waals surface area contributed by atoms with Gasteiger partial charge in [0.15, 0.2) is 0 Å². The summed E-state index contributed by atoms with van der Waals surface area (Å²) in [4.78, 5) is 13.0. The van der Waals surface area contributed by atoms with Crippen LogP contribution < -0.4 is 4.90 Å². The van der Waals surface area contributed by atoms with E-state index in [9.17, 15) is 15.0 Å². The molecule has 80 valence electrons. The first-order valence-corrected chi connectivity index (χ1v) is 4.85. The van der Waals surface area contributed by atoms with Gasteiger partial charge in [-0.3, -0.25) is 4.79 Å². The molecule has 0 spiro atoms. The Hall–Kier alpha value is -1.55. The van der Waals surface area contributed by atoms with E-state index in [4.69, 9.17) is 0 Å². The van der Waals surface area contributed by atoms with Crippen molar-refractivity contribution in [2.24, 2.45) is 0 Å². The van der Waals surface area contributed by atoms with E-state index in [0.29, 0.717) is 12.2 Å². The van der Waals surface area contributed by atoms with Crippen molar-refractivity contribution in [2.75, 3.05) is 11.4 Å². The van der Waals surface area contributed by atoms with Gasteiger partial charge in [-0.2, -0.15) is 0 Å². The Balaban J connectivity index is 2.33. The van der Waals surface area contributed by atoms with Gasteiger partial charge in [-0.1, -0.05) is 0 Å². The van der Waals surface area contributed by atoms with Crippen LogP contribution in [0.5, 0.6) is 5.75 Å². The normalized spacial score (nSPS) is 21.1. The standard InChI is InChI=1S/C11H13NO3/c1-7-2-8(4-9(13)3-7)12-6-10(14)5-11(12)15/h2-4,10,13-14H,5-6H2,1H3. The van der Waals surface area contributed by atoms with Gasteiger partial charge in [-0.15, -0.1) is 0 Å². The number of phenols is 1. The van der Waals surface area contributed by atoms with Crippen LogP contribution in [0, 0.1) is 6.92 Å². The largest absolute Gasteiger partial charge is 0.508 e. The predicted octanol–water partition coefficient (Wildman–Crippen LogP) is 0.798. The number of benzene rings is 1. The van der Waals surface area contributed by atoms with Gasteiger partial charge < -0.3 is 15.1 Å². The molecule has 2 rings (SSSR count). The number of aliphatic hydroxyl groups excluding tert-OH is 1. The number of hydrogen-bond donors (Lipinski definition) is 2. The lowest BCUT2D eigenvalue weighted by Crippen LogP contribution is -2.25. The minimum absolute atomic E-state index is 0.104. The maximum Gasteiger partial charge on any atom is 0.229 e. The van der Waals surface area contributed by atoms with Crippen LogP contribution >= 0.6 is 0 Å². The third-order valence-electron chi connectivity index (χ3n) is 2.46. The van der Waals surface area contributed by atoms with E-state index in [0.717, 1.165) is 5.56 Å². The second-order valence-corrected chi connectivity index (χ2v) is 3.89. The van der Waals surface area contributed by atoms with Crippen LogP contribution in [0.25, 0.3) is 0 Å². The molecule has 0 aliphatic carbocycles. The molecule has 1 aromatic rings. The number of amides is 1. The molecule has 1 aromatic carbocycles. The summed E-state index contributed by atoms with van der Waals surface area (Å²) in [6.45, 7) is 2.15. The summed E-state index contributed by atoms with van der Waals surface area (Å²) in [7, 11) is 0. The van der Waals surface area contributed by atoms with Crippen LogP contribution in [0.1, 0.15) is 12.0 Å².